The number of hydrogen-bond donors (Lipinski definition) is 5. The molecule has 105 heavy (non-hydrogen) atoms. The minimum absolute atomic E-state index is 0.0304. The molecule has 4 unspecified atom stereocenters. The zero-order valence-corrected chi connectivity index (χ0v) is 65.1. The van der Waals surface area contributed by atoms with Gasteiger partial charge in [0.25, 0.3) is 0 Å². The summed E-state index contributed by atoms with van der Waals surface area (Å²) in [6.45, 7) is 13.1. The Labute approximate surface area is 624 Å². The summed E-state index contributed by atoms with van der Waals surface area (Å²) in [5.74, 6) is -2.94. The third-order valence-electron chi connectivity index (χ3n) is 16.2. The van der Waals surface area contributed by atoms with Crippen molar-refractivity contribution in [3.63, 3.8) is 0 Å². The van der Waals surface area contributed by atoms with Crippen molar-refractivity contribution < 1.29 is 129 Å². The second-order valence-corrected chi connectivity index (χ2v) is 27.8. The molecule has 614 valence electrons. The van der Waals surface area contributed by atoms with Crippen LogP contribution in [0.25, 0.3) is 0 Å². The first-order valence-corrected chi connectivity index (χ1v) is 39.6. The second-order valence-electron chi connectivity index (χ2n) is 25.5. The number of rotatable bonds is 83. The third kappa shape index (κ3) is 67.6. The number of carbonyl (C=O) groups is 9. The Morgan fingerprint density at radius 3 is 1.16 bits per heavy atom. The summed E-state index contributed by atoms with van der Waals surface area (Å²) in [5, 5.41) is 20.8. The highest BCUT2D eigenvalue weighted by Crippen LogP contribution is 2.43. The van der Waals surface area contributed by atoms with Crippen molar-refractivity contribution >= 4 is 60.1 Å². The quantitative estimate of drug-likeness (QED) is 0.0405. The van der Waals surface area contributed by atoms with Crippen LogP contribution in [0.3, 0.4) is 0 Å². The molecule has 0 saturated carbocycles. The first-order valence-electron chi connectivity index (χ1n) is 38.0. The number of ketones is 5. The molecule has 0 rings (SSSR count). The second kappa shape index (κ2) is 73.9. The zero-order chi connectivity index (χ0) is 77.3. The molecule has 0 aliphatic rings. The number of methoxy groups -OCH3 is 3. The van der Waals surface area contributed by atoms with Gasteiger partial charge in [-0.1, -0.05) is 39.5 Å². The summed E-state index contributed by atoms with van der Waals surface area (Å²) in [5.41, 5.74) is -0.611. The summed E-state index contributed by atoms with van der Waals surface area (Å²) in [6, 6.07) is -0.911. The van der Waals surface area contributed by atoms with Crippen LogP contribution in [0.15, 0.2) is 0 Å². The third-order valence-corrected chi connectivity index (χ3v) is 17.9. The van der Waals surface area contributed by atoms with Crippen LogP contribution in [0.5, 0.6) is 0 Å². The molecule has 5 N–H and O–H groups in total. The predicted octanol–water partition coefficient (Wildman–Crippen LogP) is 4.74. The molecule has 0 aromatic carbocycles. The van der Waals surface area contributed by atoms with E-state index in [1.54, 1.807) is 35.2 Å². The van der Waals surface area contributed by atoms with Gasteiger partial charge in [-0.05, 0) is 57.8 Å². The zero-order valence-electron chi connectivity index (χ0n) is 64.2. The fraction of sp³-hybridized carbons (Fsp3) is 0.877. The van der Waals surface area contributed by atoms with Gasteiger partial charge in [0.05, 0.1) is 165 Å². The largest absolute Gasteiger partial charge is 0.778 e. The average Bonchev–Trinajstić information content (AvgIpc) is 0.909. The fourth-order valence-electron chi connectivity index (χ4n) is 9.79. The first kappa shape index (κ1) is 101. The Hall–Kier alpha value is -4.22. The van der Waals surface area contributed by atoms with E-state index in [1.807, 2.05) is 0 Å². The summed E-state index contributed by atoms with van der Waals surface area (Å²) in [7, 11) is 0.785. The topological polar surface area (TPSA) is 401 Å². The Bertz CT molecular complexity index is 2240. The van der Waals surface area contributed by atoms with Crippen molar-refractivity contribution in [1.29, 1.82) is 0 Å². The minimum atomic E-state index is -3.92. The standard InChI is InChI=1S/C73H135N4O27P/c1-61(2)105(88,89)104-60-62(59-78)16-8-6-10-19-66(81)29-35-95-45-47-99-49-51-101-53-55-103-57-56-102-54-52-100-50-48-98-46-44-94-34-15-22-69(83)68(21-12-13-30-74-70(84)26-24-65(80)20-14-33-93-41-38-90-3)77-73(87)63(58-67(82)25-28-72(86)76-32-37-97-43-40-92-5)17-9-7-11-18-64(79)23-27-71(85)75-31-36-96-42-39-91-4/h61-63,68,78H,6-60H2,1-5H3,(H,74,84)(H,75,85)(H,76,86)(H,77,87)(H,88,89)/p-1. The molecule has 0 aromatic rings. The molecule has 0 heterocycles. The maximum absolute atomic E-state index is 14.2. The molecule has 0 aromatic heterocycles. The van der Waals surface area contributed by atoms with Crippen LogP contribution in [0, 0.1) is 11.8 Å². The molecule has 0 aliphatic heterocycles. The normalized spacial score (nSPS) is 13.0. The molecule has 0 aliphatic carbocycles. The Morgan fingerprint density at radius 1 is 0.362 bits per heavy atom. The Balaban J connectivity index is 4.88. The van der Waals surface area contributed by atoms with E-state index in [0.717, 1.165) is 19.3 Å². The number of carbonyl (C=O) groups excluding carboxylic acids is 9. The van der Waals surface area contributed by atoms with Gasteiger partial charge in [-0.3, -0.25) is 43.2 Å². The van der Waals surface area contributed by atoms with Crippen molar-refractivity contribution in [2.24, 2.45) is 11.8 Å². The van der Waals surface area contributed by atoms with Crippen molar-refractivity contribution in [2.45, 2.75) is 186 Å². The van der Waals surface area contributed by atoms with Crippen molar-refractivity contribution in [2.75, 3.05) is 219 Å². The number of ether oxygens (including phenoxy) is 14. The monoisotopic (exact) mass is 1530 g/mol. The predicted molar refractivity (Wildman–Crippen MR) is 389 cm³/mol. The average molecular weight is 1530 g/mol. The van der Waals surface area contributed by atoms with Crippen LogP contribution in [-0.4, -0.2) is 289 Å². The maximum atomic E-state index is 14.2. The van der Waals surface area contributed by atoms with Gasteiger partial charge in [0.15, 0.2) is 5.78 Å². The van der Waals surface area contributed by atoms with E-state index in [0.29, 0.717) is 229 Å². The highest BCUT2D eigenvalue weighted by atomic mass is 31.2. The van der Waals surface area contributed by atoms with Crippen molar-refractivity contribution in [1.82, 2.24) is 21.3 Å². The van der Waals surface area contributed by atoms with Crippen LogP contribution in [-0.2, 0) is 119 Å². The van der Waals surface area contributed by atoms with E-state index in [1.165, 1.54) is 0 Å². The van der Waals surface area contributed by atoms with E-state index in [9.17, 15) is 57.7 Å². The molecule has 32 heteroatoms. The van der Waals surface area contributed by atoms with E-state index in [-0.39, 0.29) is 163 Å². The molecule has 31 nitrogen and oxygen atoms in total. The van der Waals surface area contributed by atoms with Gasteiger partial charge in [-0.25, -0.2) is 0 Å². The molecule has 0 radical (unpaired) electrons. The SMILES string of the molecule is COCCOCCCC(=O)CCC(=O)NCCCCC(NC(=O)C(CCCCCC(=O)CCC(=O)NCCOCCOC)CC(=O)CCC(=O)NCCOCCOC)C(=O)CCCOCCOCCOCCOCCOCCOCCOCCOCCC(=O)CCCCCC(CO)COP(=O)([O-])C(C)C. The minimum Gasteiger partial charge on any atom is -0.778 e. The lowest BCUT2D eigenvalue weighted by atomic mass is 9.91. The van der Waals surface area contributed by atoms with Gasteiger partial charge in [0.1, 0.15) is 30.7 Å². The molecule has 0 saturated heterocycles. The molecular weight excluding hydrogens is 1400 g/mol. The first-order chi connectivity index (χ1) is 50.9. The van der Waals surface area contributed by atoms with Crippen LogP contribution < -0.4 is 26.2 Å². The number of hydrogen-bond acceptors (Lipinski definition) is 27. The van der Waals surface area contributed by atoms with Crippen LogP contribution >= 0.6 is 7.60 Å². The van der Waals surface area contributed by atoms with E-state index in [2.05, 4.69) is 21.3 Å². The van der Waals surface area contributed by atoms with Gasteiger partial charge in [0.2, 0.25) is 23.6 Å². The van der Waals surface area contributed by atoms with Crippen molar-refractivity contribution in [3.05, 3.63) is 0 Å². The van der Waals surface area contributed by atoms with E-state index < -0.39 is 31.1 Å². The molecule has 4 amide bonds. The molecule has 4 atom stereocenters. The van der Waals surface area contributed by atoms with E-state index >= 15 is 0 Å². The fourth-order valence-corrected chi connectivity index (χ4v) is 10.5. The molecule has 0 spiro atoms. The van der Waals surface area contributed by atoms with Crippen LogP contribution in [0.1, 0.15) is 174 Å². The number of Topliss-reactive ketones (excluding diaryl/α,β-unsaturated/α-hetero) is 5. The molecule has 0 fully saturated rings. The molecule has 0 bridgehead atoms. The van der Waals surface area contributed by atoms with E-state index in [4.69, 9.17) is 70.8 Å². The Morgan fingerprint density at radius 2 is 0.724 bits per heavy atom. The lowest BCUT2D eigenvalue weighted by Gasteiger charge is -2.28. The number of unbranched alkanes of at least 4 members (excludes halogenated alkanes) is 5. The maximum Gasteiger partial charge on any atom is 0.224 e. The Kier molecular flexibility index (Phi) is 70.9. The van der Waals surface area contributed by atoms with Gasteiger partial charge in [0, 0.05) is 155 Å². The number of aliphatic hydroxyl groups is 1. The lowest BCUT2D eigenvalue weighted by molar-refractivity contribution is -0.202. The summed E-state index contributed by atoms with van der Waals surface area (Å²) < 4.78 is 92.6. The van der Waals surface area contributed by atoms with Gasteiger partial charge in [-0.15, -0.1) is 0 Å². The van der Waals surface area contributed by atoms with Gasteiger partial charge >= 0.3 is 0 Å². The van der Waals surface area contributed by atoms with Crippen LogP contribution in [0.2, 0.25) is 0 Å². The summed E-state index contributed by atoms with van der Waals surface area (Å²) in [4.78, 5) is 128. The number of aliphatic hydroxyl groups excluding tert-OH is 1. The smallest absolute Gasteiger partial charge is 0.224 e. The lowest BCUT2D eigenvalue weighted by Crippen LogP contribution is -2.44. The summed E-state index contributed by atoms with van der Waals surface area (Å²) >= 11 is 0. The highest BCUT2D eigenvalue weighted by Gasteiger charge is 2.28. The number of amides is 4. The van der Waals surface area contributed by atoms with Gasteiger partial charge < -0.3 is 107 Å². The van der Waals surface area contributed by atoms with Crippen molar-refractivity contribution in [3.8, 4) is 0 Å². The highest BCUT2D eigenvalue weighted by molar-refractivity contribution is 7.52. The number of nitrogens with one attached hydrogen (secondary N) is 4. The summed E-state index contributed by atoms with van der Waals surface area (Å²) in [6.07, 6.45) is 8.20. The molecular formula is C73H134N4O27P-. The van der Waals surface area contributed by atoms with Crippen LogP contribution in [0.4, 0.5) is 0 Å². The van der Waals surface area contributed by atoms with Gasteiger partial charge in [-0.2, -0.15) is 0 Å².